The predicted octanol–water partition coefficient (Wildman–Crippen LogP) is 4.03. The van der Waals surface area contributed by atoms with E-state index in [0.717, 1.165) is 25.7 Å². The van der Waals surface area contributed by atoms with Crippen molar-refractivity contribution in [2.45, 2.75) is 161 Å². The van der Waals surface area contributed by atoms with Gasteiger partial charge < -0.3 is 57.8 Å². The minimum absolute atomic E-state index is 0.0646. The molecule has 3 aliphatic heterocycles. The number of likely N-dealkylation sites (N-methyl/N-ethyl adjacent to an activating group) is 4. The van der Waals surface area contributed by atoms with Gasteiger partial charge in [-0.05, 0) is 92.9 Å². The third-order valence-corrected chi connectivity index (χ3v) is 16.0. The first-order valence-electron chi connectivity index (χ1n) is 29.0. The van der Waals surface area contributed by atoms with Gasteiger partial charge in [0.25, 0.3) is 23.6 Å². The Morgan fingerprint density at radius 3 is 1.21 bits per heavy atom. The summed E-state index contributed by atoms with van der Waals surface area (Å²) in [5.74, 6) is -5.06. The number of cyclic esters (lactones) is 4. The average Bonchev–Trinajstić information content (AvgIpc) is 4.43. The fourth-order valence-corrected chi connectivity index (χ4v) is 10.5. The zero-order valence-electron chi connectivity index (χ0n) is 49.1. The lowest BCUT2D eigenvalue weighted by molar-refractivity contribution is -0.176. The Morgan fingerprint density at radius 2 is 0.852 bits per heavy atom. The van der Waals surface area contributed by atoms with Crippen molar-refractivity contribution in [3.8, 4) is 0 Å². The van der Waals surface area contributed by atoms with Crippen LogP contribution in [0.25, 0.3) is 0 Å². The van der Waals surface area contributed by atoms with Crippen LogP contribution in [0.4, 0.5) is 11.6 Å². The number of anilines is 2. The molecule has 3 saturated heterocycles. The third kappa shape index (κ3) is 17.1. The molecule has 4 amide bonds. The van der Waals surface area contributed by atoms with Crippen LogP contribution in [0.2, 0.25) is 0 Å². The molecule has 2 aliphatic carbocycles. The highest BCUT2D eigenvalue weighted by Gasteiger charge is 2.44. The number of amides is 4. The number of aromatic nitrogens is 2. The van der Waals surface area contributed by atoms with Gasteiger partial charge in [-0.3, -0.25) is 19.2 Å². The molecule has 5 aliphatic rings. The molecule has 8 atom stereocenters. The van der Waals surface area contributed by atoms with Gasteiger partial charge in [-0.15, -0.1) is 0 Å². The van der Waals surface area contributed by atoms with Gasteiger partial charge in [-0.2, -0.15) is 0 Å². The van der Waals surface area contributed by atoms with Crippen molar-refractivity contribution in [1.29, 1.82) is 0 Å². The van der Waals surface area contributed by atoms with Crippen molar-refractivity contribution in [2.24, 2.45) is 23.7 Å². The van der Waals surface area contributed by atoms with Crippen LogP contribution >= 0.6 is 0 Å². The summed E-state index contributed by atoms with van der Waals surface area (Å²) in [7, 11) is 5.66. The van der Waals surface area contributed by atoms with Gasteiger partial charge in [0.15, 0.2) is 24.4 Å². The maximum absolute atomic E-state index is 15.1. The fourth-order valence-electron chi connectivity index (χ4n) is 10.5. The van der Waals surface area contributed by atoms with Gasteiger partial charge in [-0.25, -0.2) is 29.1 Å². The largest absolute Gasteiger partial charge is 0.451 e. The lowest BCUT2D eigenvalue weighted by atomic mass is 10.0. The molecule has 7 rings (SSSR count). The highest BCUT2D eigenvalue weighted by molar-refractivity contribution is 5.94. The highest BCUT2D eigenvalue weighted by Crippen LogP contribution is 2.37. The lowest BCUT2D eigenvalue weighted by Crippen LogP contribution is -2.54. The normalized spacial score (nSPS) is 27.1. The van der Waals surface area contributed by atoms with Crippen LogP contribution in [0.1, 0.15) is 110 Å². The second-order valence-corrected chi connectivity index (χ2v) is 23.5. The van der Waals surface area contributed by atoms with Crippen molar-refractivity contribution < 1.29 is 66.8 Å². The summed E-state index contributed by atoms with van der Waals surface area (Å²) >= 11 is 0. The van der Waals surface area contributed by atoms with E-state index in [1.54, 1.807) is 24.5 Å². The van der Waals surface area contributed by atoms with Crippen molar-refractivity contribution in [3.63, 3.8) is 0 Å². The molecule has 0 N–H and O–H groups in total. The minimum atomic E-state index is -1.53. The number of ether oxygens (including phenoxy) is 6. The first-order valence-corrected chi connectivity index (χ1v) is 29.0. The second-order valence-electron chi connectivity index (χ2n) is 23.5. The Morgan fingerprint density at radius 1 is 0.481 bits per heavy atom. The van der Waals surface area contributed by atoms with Crippen molar-refractivity contribution in [1.82, 2.24) is 29.6 Å². The van der Waals surface area contributed by atoms with Crippen LogP contribution < -0.4 is 9.80 Å². The first kappa shape index (κ1) is 62.2. The maximum Gasteiger partial charge on any atom is 0.329 e. The number of hydrogen-bond donors (Lipinski definition) is 0. The predicted molar refractivity (Wildman–Crippen MR) is 297 cm³/mol. The van der Waals surface area contributed by atoms with E-state index in [2.05, 4.69) is 19.8 Å². The standard InChI is InChI=1S/C59H86N8O14/c1-36(2)11-18-44-56(72)78-38(5)52(68)63(8)47(31-41-14-15-41)59(75)81-49(33-43-17-20-51(61-35-43)67-23-27-77-28-24-67)55(71)65(10)45(29-37(3)4)57(73)79-39(6)53(69)64(9)46(30-40-12-13-40)58(74)80-48(54(70)62(44)7)32-42-16-19-50(60-34-42)66-21-25-76-26-22-66/h16-17,19-20,34-41,44-49H,11-15,18,21-33H2,1-10H3/t38-,39-,44+,45+,46+,47+,48-,49-/m1/s1. The molecule has 446 valence electrons. The van der Waals surface area contributed by atoms with Crippen LogP contribution in [-0.2, 0) is 79.6 Å². The molecule has 22 heteroatoms. The third-order valence-electron chi connectivity index (χ3n) is 16.0. The molecule has 22 nitrogen and oxygen atoms in total. The van der Waals surface area contributed by atoms with E-state index in [4.69, 9.17) is 28.4 Å². The monoisotopic (exact) mass is 1130 g/mol. The Hall–Kier alpha value is -6.42. The zero-order chi connectivity index (χ0) is 58.7. The Kier molecular flexibility index (Phi) is 21.9. The van der Waals surface area contributed by atoms with Crippen molar-refractivity contribution in [3.05, 3.63) is 47.8 Å². The average molecular weight is 1130 g/mol. The number of morpholine rings is 2. The van der Waals surface area contributed by atoms with E-state index in [1.165, 1.54) is 61.6 Å². The summed E-state index contributed by atoms with van der Waals surface area (Å²) in [6.07, 6.45) is 1.16. The molecule has 0 unspecified atom stereocenters. The first-order chi connectivity index (χ1) is 38.6. The number of carbonyl (C=O) groups is 8. The van der Waals surface area contributed by atoms with Crippen LogP contribution in [0.3, 0.4) is 0 Å². The van der Waals surface area contributed by atoms with E-state index in [-0.39, 0.29) is 62.2 Å². The number of pyridine rings is 2. The summed E-state index contributed by atoms with van der Waals surface area (Å²) in [6.45, 7) is 15.2. The number of hydrogen-bond acceptors (Lipinski definition) is 18. The van der Waals surface area contributed by atoms with Gasteiger partial charge in [0.2, 0.25) is 0 Å². The molecule has 0 aromatic carbocycles. The molecule has 5 heterocycles. The topological polar surface area (TPSA) is 237 Å². The van der Waals surface area contributed by atoms with Crippen LogP contribution in [0, 0.1) is 23.7 Å². The molecule has 0 spiro atoms. The molecular formula is C59H86N8O14. The fraction of sp³-hybridized carbons (Fsp3) is 0.695. The van der Waals surface area contributed by atoms with Gasteiger partial charge in [0.1, 0.15) is 35.8 Å². The summed E-state index contributed by atoms with van der Waals surface area (Å²) in [6, 6.07) is 2.23. The number of rotatable bonds is 15. The van der Waals surface area contributed by atoms with Crippen LogP contribution in [-0.4, -0.2) is 206 Å². The summed E-state index contributed by atoms with van der Waals surface area (Å²) < 4.78 is 35.4. The SMILES string of the molecule is CC(C)CC[C@H]1C(=O)O[C@H](C)C(=O)N(C)[C@@H](CC2CC2)C(=O)O[C@H](Cc2ccc(N3CCOCC3)nc2)C(=O)N(C)[C@@H](CC(C)C)C(=O)O[C@H](C)C(=O)N(C)[C@@H](CC2CC2)C(=O)O[C@H](Cc2ccc(N3CCOCC3)nc2)C(=O)N1C. The highest BCUT2D eigenvalue weighted by atomic mass is 16.6. The molecular weight excluding hydrogens is 1040 g/mol. The number of esters is 4. The Bertz CT molecular complexity index is 2480. The van der Waals surface area contributed by atoms with E-state index in [1.807, 2.05) is 39.8 Å². The zero-order valence-corrected chi connectivity index (χ0v) is 49.1. The second kappa shape index (κ2) is 28.5. The van der Waals surface area contributed by atoms with Crippen molar-refractivity contribution >= 4 is 59.1 Å². The molecule has 0 bridgehead atoms. The summed E-state index contributed by atoms with van der Waals surface area (Å²) in [5, 5.41) is 0. The maximum atomic E-state index is 15.1. The smallest absolute Gasteiger partial charge is 0.329 e. The summed E-state index contributed by atoms with van der Waals surface area (Å²) in [5.41, 5.74) is 1.09. The molecule has 5 fully saturated rings. The number of carbonyl (C=O) groups excluding carboxylic acids is 8. The Balaban J connectivity index is 1.25. The molecule has 2 aromatic heterocycles. The van der Waals surface area contributed by atoms with Gasteiger partial charge in [0, 0.05) is 79.6 Å². The number of nitrogens with zero attached hydrogens (tertiary/aromatic N) is 8. The molecule has 0 radical (unpaired) electrons. The Labute approximate surface area is 476 Å². The van der Waals surface area contributed by atoms with E-state index in [0.29, 0.717) is 81.8 Å². The summed E-state index contributed by atoms with van der Waals surface area (Å²) in [4.78, 5) is 136. The molecule has 2 saturated carbocycles. The van der Waals surface area contributed by atoms with E-state index in [9.17, 15) is 28.8 Å². The molecule has 2 aromatic rings. The van der Waals surface area contributed by atoms with Gasteiger partial charge >= 0.3 is 23.9 Å². The lowest BCUT2D eigenvalue weighted by Gasteiger charge is -2.35. The van der Waals surface area contributed by atoms with E-state index < -0.39 is 96.1 Å². The van der Waals surface area contributed by atoms with Crippen LogP contribution in [0.15, 0.2) is 36.7 Å². The van der Waals surface area contributed by atoms with Gasteiger partial charge in [0.05, 0.1) is 26.4 Å². The minimum Gasteiger partial charge on any atom is -0.451 e. The van der Waals surface area contributed by atoms with E-state index >= 15 is 9.59 Å². The quantitative estimate of drug-likeness (QED) is 0.181. The van der Waals surface area contributed by atoms with Crippen LogP contribution in [0.5, 0.6) is 0 Å². The van der Waals surface area contributed by atoms with Gasteiger partial charge in [-0.1, -0.05) is 65.5 Å². The van der Waals surface area contributed by atoms with Crippen molar-refractivity contribution in [2.75, 3.05) is 90.6 Å². The molecule has 81 heavy (non-hydrogen) atoms.